The van der Waals surface area contributed by atoms with E-state index in [4.69, 9.17) is 21.6 Å². The predicted octanol–water partition coefficient (Wildman–Crippen LogP) is 5.29. The molecule has 2 heterocycles. The summed E-state index contributed by atoms with van der Waals surface area (Å²) in [5.41, 5.74) is 4.19. The molecule has 6 nitrogen and oxygen atoms in total. The molecule has 0 atom stereocenters. The van der Waals surface area contributed by atoms with E-state index in [1.165, 1.54) is 5.69 Å². The molecule has 0 N–H and O–H groups in total. The van der Waals surface area contributed by atoms with Crippen molar-refractivity contribution in [2.24, 2.45) is 10.1 Å². The number of hydrogen-bond donors (Lipinski definition) is 0. The van der Waals surface area contributed by atoms with E-state index in [2.05, 4.69) is 54.9 Å². The van der Waals surface area contributed by atoms with E-state index in [1.54, 1.807) is 4.79 Å². The summed E-state index contributed by atoms with van der Waals surface area (Å²) in [5, 5.41) is 9.83. The number of fused-ring (bicyclic) bond motifs is 1. The molecule has 1 aromatic heterocycles. The second-order valence-electron chi connectivity index (χ2n) is 7.42. The SMILES string of the molecule is CCN(CC)c1ccc(/N=C2/C(c3ccccc3Cl)=Nn3nc(C(C)C)nc32)cc1. The monoisotopic (exact) mass is 420 g/mol. The van der Waals surface area contributed by atoms with Crippen LogP contribution < -0.4 is 4.90 Å². The third-order valence-corrected chi connectivity index (χ3v) is 5.43. The number of aliphatic imine (C=N–C) groups is 1. The lowest BCUT2D eigenvalue weighted by Gasteiger charge is -2.20. The standard InChI is InChI=1S/C23H25ClN6/c1-5-29(6-2)17-13-11-16(12-14-17)25-21-20(18-9-7-8-10-19(18)24)27-30-23(21)26-22(28-30)15(3)4/h7-15H,5-6H2,1-4H3/b25-21-. The molecule has 7 heteroatoms. The topological polar surface area (TPSA) is 58.7 Å². The molecular weight excluding hydrogens is 396 g/mol. The zero-order valence-electron chi connectivity index (χ0n) is 17.7. The molecule has 0 unspecified atom stereocenters. The van der Waals surface area contributed by atoms with E-state index in [-0.39, 0.29) is 5.92 Å². The fraction of sp³-hybridized carbons (Fsp3) is 0.304. The normalized spacial score (nSPS) is 14.3. The van der Waals surface area contributed by atoms with Crippen LogP contribution >= 0.6 is 11.6 Å². The van der Waals surface area contributed by atoms with Crippen molar-refractivity contribution in [3.8, 4) is 0 Å². The van der Waals surface area contributed by atoms with Gasteiger partial charge in [0, 0.05) is 30.3 Å². The molecule has 0 saturated carbocycles. The molecule has 0 amide bonds. The van der Waals surface area contributed by atoms with Gasteiger partial charge in [-0.15, -0.1) is 15.0 Å². The van der Waals surface area contributed by atoms with E-state index in [0.717, 1.165) is 30.2 Å². The minimum Gasteiger partial charge on any atom is -0.372 e. The molecule has 0 aliphatic carbocycles. The van der Waals surface area contributed by atoms with Gasteiger partial charge in [0.1, 0.15) is 11.4 Å². The quantitative estimate of drug-likeness (QED) is 0.544. The first-order valence-corrected chi connectivity index (χ1v) is 10.6. The fourth-order valence-electron chi connectivity index (χ4n) is 3.42. The highest BCUT2D eigenvalue weighted by atomic mass is 35.5. The zero-order chi connectivity index (χ0) is 21.3. The third-order valence-electron chi connectivity index (χ3n) is 5.10. The first kappa shape index (κ1) is 20.3. The van der Waals surface area contributed by atoms with Crippen LogP contribution in [0.1, 0.15) is 50.8 Å². The Bertz CT molecular complexity index is 1110. The highest BCUT2D eigenvalue weighted by Gasteiger charge is 2.30. The summed E-state index contributed by atoms with van der Waals surface area (Å²) in [6.45, 7) is 10.4. The van der Waals surface area contributed by atoms with E-state index >= 15 is 0 Å². The molecule has 0 saturated heterocycles. The van der Waals surface area contributed by atoms with Crippen LogP contribution in [0.15, 0.2) is 58.6 Å². The highest BCUT2D eigenvalue weighted by molar-refractivity contribution is 6.56. The van der Waals surface area contributed by atoms with Crippen molar-refractivity contribution >= 4 is 34.4 Å². The Morgan fingerprint density at radius 3 is 2.37 bits per heavy atom. The lowest BCUT2D eigenvalue weighted by molar-refractivity contribution is 0.698. The van der Waals surface area contributed by atoms with E-state index in [1.807, 2.05) is 36.4 Å². The maximum absolute atomic E-state index is 6.46. The van der Waals surface area contributed by atoms with Gasteiger partial charge in [-0.25, -0.2) is 9.98 Å². The number of hydrogen-bond acceptors (Lipinski definition) is 5. The Hall–Kier alpha value is -2.99. The molecule has 1 aliphatic rings. The van der Waals surface area contributed by atoms with Crippen molar-refractivity contribution in [3.63, 3.8) is 0 Å². The molecule has 0 bridgehead atoms. The number of halogens is 1. The molecule has 0 fully saturated rings. The minimum atomic E-state index is 0.205. The summed E-state index contributed by atoms with van der Waals surface area (Å²) >= 11 is 6.46. The maximum Gasteiger partial charge on any atom is 0.204 e. The zero-order valence-corrected chi connectivity index (χ0v) is 18.4. The van der Waals surface area contributed by atoms with Gasteiger partial charge >= 0.3 is 0 Å². The van der Waals surface area contributed by atoms with Crippen LogP contribution in [0.2, 0.25) is 5.02 Å². The molecular formula is C23H25ClN6. The highest BCUT2D eigenvalue weighted by Crippen LogP contribution is 2.26. The average molecular weight is 421 g/mol. The van der Waals surface area contributed by atoms with Gasteiger partial charge in [-0.05, 0) is 44.2 Å². The van der Waals surface area contributed by atoms with Gasteiger partial charge in [0.25, 0.3) is 0 Å². The number of aromatic nitrogens is 3. The average Bonchev–Trinajstić information content (AvgIpc) is 3.30. The van der Waals surface area contributed by atoms with Gasteiger partial charge in [-0.3, -0.25) is 0 Å². The number of rotatable bonds is 6. The van der Waals surface area contributed by atoms with Crippen molar-refractivity contribution in [2.75, 3.05) is 18.0 Å². The summed E-state index contributed by atoms with van der Waals surface area (Å²) in [7, 11) is 0. The first-order valence-electron chi connectivity index (χ1n) is 10.3. The van der Waals surface area contributed by atoms with Crippen LogP contribution in [-0.2, 0) is 0 Å². The predicted molar refractivity (Wildman–Crippen MR) is 124 cm³/mol. The lowest BCUT2D eigenvalue weighted by atomic mass is 10.1. The lowest BCUT2D eigenvalue weighted by Crippen LogP contribution is -2.21. The second-order valence-corrected chi connectivity index (χ2v) is 7.82. The largest absolute Gasteiger partial charge is 0.372 e. The van der Waals surface area contributed by atoms with Crippen molar-refractivity contribution in [1.29, 1.82) is 0 Å². The van der Waals surface area contributed by atoms with E-state index in [0.29, 0.717) is 22.3 Å². The Morgan fingerprint density at radius 1 is 1.03 bits per heavy atom. The van der Waals surface area contributed by atoms with E-state index < -0.39 is 0 Å². The third kappa shape index (κ3) is 3.75. The maximum atomic E-state index is 6.46. The van der Waals surface area contributed by atoms with Gasteiger partial charge in [0.2, 0.25) is 5.82 Å². The van der Waals surface area contributed by atoms with Gasteiger partial charge in [-0.1, -0.05) is 43.6 Å². The van der Waals surface area contributed by atoms with Gasteiger partial charge in [0.05, 0.1) is 10.7 Å². The molecule has 30 heavy (non-hydrogen) atoms. The molecule has 4 rings (SSSR count). The van der Waals surface area contributed by atoms with Crippen LogP contribution in [0.25, 0.3) is 0 Å². The second kappa shape index (κ2) is 8.40. The van der Waals surface area contributed by atoms with Crippen molar-refractivity contribution < 1.29 is 0 Å². The van der Waals surface area contributed by atoms with Gasteiger partial charge in [-0.2, -0.15) is 0 Å². The molecule has 3 aromatic rings. The van der Waals surface area contributed by atoms with Crippen molar-refractivity contribution in [3.05, 3.63) is 70.8 Å². The summed E-state index contributed by atoms with van der Waals surface area (Å²) < 4.78 is 0. The van der Waals surface area contributed by atoms with E-state index in [9.17, 15) is 0 Å². The summed E-state index contributed by atoms with van der Waals surface area (Å²) in [6.07, 6.45) is 0. The van der Waals surface area contributed by atoms with Gasteiger partial charge < -0.3 is 4.90 Å². The van der Waals surface area contributed by atoms with Crippen molar-refractivity contribution in [1.82, 2.24) is 14.9 Å². The Kier molecular flexibility index (Phi) is 5.68. The van der Waals surface area contributed by atoms with Crippen LogP contribution in [0.3, 0.4) is 0 Å². The molecule has 0 radical (unpaired) electrons. The first-order chi connectivity index (χ1) is 14.5. The number of nitrogens with zero attached hydrogens (tertiary/aromatic N) is 6. The molecule has 1 aliphatic heterocycles. The molecule has 154 valence electrons. The van der Waals surface area contributed by atoms with Crippen LogP contribution in [0.5, 0.6) is 0 Å². The fourth-order valence-corrected chi connectivity index (χ4v) is 3.65. The Labute approximate surface area is 181 Å². The number of benzene rings is 2. The summed E-state index contributed by atoms with van der Waals surface area (Å²) in [4.78, 5) is 13.5. The van der Waals surface area contributed by atoms with Crippen LogP contribution in [0.4, 0.5) is 11.4 Å². The van der Waals surface area contributed by atoms with Crippen LogP contribution in [0, 0.1) is 0 Å². The molecule has 2 aromatic carbocycles. The van der Waals surface area contributed by atoms with Crippen molar-refractivity contribution in [2.45, 2.75) is 33.6 Å². The summed E-state index contributed by atoms with van der Waals surface area (Å²) in [6, 6.07) is 15.9. The Morgan fingerprint density at radius 2 is 1.73 bits per heavy atom. The smallest absolute Gasteiger partial charge is 0.204 e. The summed E-state index contributed by atoms with van der Waals surface area (Å²) in [5.74, 6) is 1.59. The minimum absolute atomic E-state index is 0.205. The Balaban J connectivity index is 1.79. The number of anilines is 1. The van der Waals surface area contributed by atoms with Crippen LogP contribution in [-0.4, -0.2) is 39.4 Å². The van der Waals surface area contributed by atoms with Gasteiger partial charge in [0.15, 0.2) is 5.82 Å². The molecule has 0 spiro atoms.